The van der Waals surface area contributed by atoms with E-state index in [-0.39, 0.29) is 5.91 Å². The van der Waals surface area contributed by atoms with E-state index in [1.165, 1.54) is 5.56 Å². The molecule has 3 nitrogen and oxygen atoms in total. The molecule has 0 N–H and O–H groups in total. The van der Waals surface area contributed by atoms with Crippen molar-refractivity contribution in [3.63, 3.8) is 0 Å². The van der Waals surface area contributed by atoms with Gasteiger partial charge in [-0.25, -0.2) is 0 Å². The molecule has 0 fully saturated rings. The first-order valence-corrected chi connectivity index (χ1v) is 7.84. The van der Waals surface area contributed by atoms with Crippen LogP contribution in [0.25, 0.3) is 0 Å². The lowest BCUT2D eigenvalue weighted by molar-refractivity contribution is -0.124. The van der Waals surface area contributed by atoms with Crippen molar-refractivity contribution in [2.24, 2.45) is 0 Å². The van der Waals surface area contributed by atoms with Crippen LogP contribution in [0.4, 0.5) is 5.69 Å². The van der Waals surface area contributed by atoms with E-state index in [1.54, 1.807) is 0 Å². The third kappa shape index (κ3) is 2.71. The van der Waals surface area contributed by atoms with Gasteiger partial charge in [0.05, 0.1) is 0 Å². The SMILES string of the molecule is CCc1ccccc1O[C@H](C)C(=O)N1CCc2ccccc21. The number of aryl methyl sites for hydroxylation is 1. The van der Waals surface area contributed by atoms with Gasteiger partial charge in [-0.3, -0.25) is 4.79 Å². The summed E-state index contributed by atoms with van der Waals surface area (Å²) in [6, 6.07) is 16.0. The number of carbonyl (C=O) groups excluding carboxylic acids is 1. The Bertz CT molecular complexity index is 681. The molecule has 1 atom stereocenters. The van der Waals surface area contributed by atoms with E-state index in [4.69, 9.17) is 4.74 Å². The minimum Gasteiger partial charge on any atom is -0.481 e. The third-order valence-corrected chi connectivity index (χ3v) is 4.16. The van der Waals surface area contributed by atoms with E-state index >= 15 is 0 Å². The standard InChI is InChI=1S/C19H21NO2/c1-3-15-8-5-7-11-18(15)22-14(2)19(21)20-13-12-16-9-4-6-10-17(16)20/h4-11,14H,3,12-13H2,1-2H3/t14-/m1/s1. The lowest BCUT2D eigenvalue weighted by Crippen LogP contribution is -2.39. The Labute approximate surface area is 131 Å². The molecule has 22 heavy (non-hydrogen) atoms. The zero-order chi connectivity index (χ0) is 15.5. The quantitative estimate of drug-likeness (QED) is 0.862. The van der Waals surface area contributed by atoms with Crippen molar-refractivity contribution in [3.8, 4) is 5.75 Å². The summed E-state index contributed by atoms with van der Waals surface area (Å²) in [5.41, 5.74) is 3.38. The van der Waals surface area contributed by atoms with E-state index in [0.717, 1.165) is 36.4 Å². The Morgan fingerprint density at radius 2 is 1.91 bits per heavy atom. The zero-order valence-corrected chi connectivity index (χ0v) is 13.1. The smallest absolute Gasteiger partial charge is 0.267 e. The Morgan fingerprint density at radius 3 is 2.73 bits per heavy atom. The number of hydrogen-bond donors (Lipinski definition) is 0. The molecule has 0 bridgehead atoms. The van der Waals surface area contributed by atoms with Gasteiger partial charge in [0.25, 0.3) is 5.91 Å². The molecule has 0 aromatic heterocycles. The maximum atomic E-state index is 12.7. The van der Waals surface area contributed by atoms with Crippen LogP contribution in [0, 0.1) is 0 Å². The second kappa shape index (κ2) is 6.22. The summed E-state index contributed by atoms with van der Waals surface area (Å²) in [6.07, 6.45) is 1.32. The normalized spacial score (nSPS) is 14.5. The molecule has 0 unspecified atom stereocenters. The molecule has 1 aliphatic rings. The molecule has 3 rings (SSSR count). The fraction of sp³-hybridized carbons (Fsp3) is 0.316. The molecule has 1 aliphatic heterocycles. The molecule has 0 spiro atoms. The van der Waals surface area contributed by atoms with E-state index in [0.29, 0.717) is 0 Å². The van der Waals surface area contributed by atoms with Crippen LogP contribution in [-0.2, 0) is 17.6 Å². The number of amides is 1. The van der Waals surface area contributed by atoms with Gasteiger partial charge in [-0.1, -0.05) is 43.3 Å². The van der Waals surface area contributed by atoms with Crippen molar-refractivity contribution in [2.75, 3.05) is 11.4 Å². The average molecular weight is 295 g/mol. The van der Waals surface area contributed by atoms with Crippen LogP contribution >= 0.6 is 0 Å². The number of hydrogen-bond acceptors (Lipinski definition) is 2. The molecule has 1 amide bonds. The lowest BCUT2D eigenvalue weighted by atomic mass is 10.1. The third-order valence-electron chi connectivity index (χ3n) is 4.16. The van der Waals surface area contributed by atoms with Crippen LogP contribution in [0.2, 0.25) is 0 Å². The monoisotopic (exact) mass is 295 g/mol. The Kier molecular flexibility index (Phi) is 4.14. The summed E-state index contributed by atoms with van der Waals surface area (Å²) >= 11 is 0. The number of nitrogens with zero attached hydrogens (tertiary/aromatic N) is 1. The number of rotatable bonds is 4. The maximum absolute atomic E-state index is 12.7. The van der Waals surface area contributed by atoms with Gasteiger partial charge in [0.1, 0.15) is 5.75 Å². The van der Waals surface area contributed by atoms with Gasteiger partial charge < -0.3 is 9.64 Å². The molecule has 2 aromatic carbocycles. The van der Waals surface area contributed by atoms with Crippen LogP contribution < -0.4 is 9.64 Å². The van der Waals surface area contributed by atoms with Crippen molar-refractivity contribution in [2.45, 2.75) is 32.8 Å². The van der Waals surface area contributed by atoms with Crippen LogP contribution in [0.15, 0.2) is 48.5 Å². The molecular formula is C19H21NO2. The summed E-state index contributed by atoms with van der Waals surface area (Å²) in [7, 11) is 0. The van der Waals surface area contributed by atoms with Crippen molar-refractivity contribution in [1.82, 2.24) is 0 Å². The van der Waals surface area contributed by atoms with Crippen LogP contribution in [0.3, 0.4) is 0 Å². The summed E-state index contributed by atoms with van der Waals surface area (Å²) in [6.45, 7) is 4.66. The van der Waals surface area contributed by atoms with E-state index in [1.807, 2.05) is 54.3 Å². The van der Waals surface area contributed by atoms with Gasteiger partial charge in [0.2, 0.25) is 0 Å². The fourth-order valence-corrected chi connectivity index (χ4v) is 2.94. The summed E-state index contributed by atoms with van der Waals surface area (Å²) < 4.78 is 5.93. The topological polar surface area (TPSA) is 29.5 Å². The Hall–Kier alpha value is -2.29. The summed E-state index contributed by atoms with van der Waals surface area (Å²) in [5, 5.41) is 0. The van der Waals surface area contributed by atoms with Gasteiger partial charge in [0, 0.05) is 12.2 Å². The second-order valence-electron chi connectivity index (χ2n) is 5.59. The van der Waals surface area contributed by atoms with E-state index in [9.17, 15) is 4.79 Å². The molecule has 0 saturated carbocycles. The number of ether oxygens (including phenoxy) is 1. The maximum Gasteiger partial charge on any atom is 0.267 e. The van der Waals surface area contributed by atoms with E-state index in [2.05, 4.69) is 13.0 Å². The highest BCUT2D eigenvalue weighted by molar-refractivity contribution is 5.98. The molecule has 0 radical (unpaired) electrons. The summed E-state index contributed by atoms with van der Waals surface area (Å²) in [5.74, 6) is 0.828. The first-order valence-electron chi connectivity index (χ1n) is 7.84. The minimum atomic E-state index is -0.487. The Balaban J connectivity index is 1.76. The van der Waals surface area contributed by atoms with Gasteiger partial charge in [0.15, 0.2) is 6.10 Å². The Morgan fingerprint density at radius 1 is 1.18 bits per heavy atom. The first-order chi connectivity index (χ1) is 10.7. The molecule has 114 valence electrons. The molecule has 2 aromatic rings. The fourth-order valence-electron chi connectivity index (χ4n) is 2.94. The van der Waals surface area contributed by atoms with Crippen LogP contribution in [-0.4, -0.2) is 18.6 Å². The number of anilines is 1. The van der Waals surface area contributed by atoms with Crippen molar-refractivity contribution in [3.05, 3.63) is 59.7 Å². The zero-order valence-electron chi connectivity index (χ0n) is 13.1. The number of fused-ring (bicyclic) bond motifs is 1. The average Bonchev–Trinajstić information content (AvgIpc) is 2.98. The van der Waals surface area contributed by atoms with Gasteiger partial charge in [-0.15, -0.1) is 0 Å². The van der Waals surface area contributed by atoms with Gasteiger partial charge in [-0.05, 0) is 43.0 Å². The molecular weight excluding hydrogens is 274 g/mol. The van der Waals surface area contributed by atoms with E-state index < -0.39 is 6.10 Å². The largest absolute Gasteiger partial charge is 0.481 e. The molecule has 0 aliphatic carbocycles. The van der Waals surface area contributed by atoms with Crippen LogP contribution in [0.1, 0.15) is 25.0 Å². The second-order valence-corrected chi connectivity index (χ2v) is 5.59. The predicted molar refractivity (Wildman–Crippen MR) is 88.4 cm³/mol. The van der Waals surface area contributed by atoms with Crippen molar-refractivity contribution in [1.29, 1.82) is 0 Å². The first kappa shape index (κ1) is 14.6. The molecule has 0 saturated heterocycles. The van der Waals surface area contributed by atoms with Crippen molar-refractivity contribution >= 4 is 11.6 Å². The highest BCUT2D eigenvalue weighted by Crippen LogP contribution is 2.29. The summed E-state index contributed by atoms with van der Waals surface area (Å²) in [4.78, 5) is 14.6. The number of carbonyl (C=O) groups is 1. The van der Waals surface area contributed by atoms with Crippen LogP contribution in [0.5, 0.6) is 5.75 Å². The number of para-hydroxylation sites is 2. The number of benzene rings is 2. The van der Waals surface area contributed by atoms with Gasteiger partial charge in [-0.2, -0.15) is 0 Å². The molecule has 3 heteroatoms. The predicted octanol–water partition coefficient (Wildman–Crippen LogP) is 3.61. The minimum absolute atomic E-state index is 0.0239. The molecule has 1 heterocycles. The van der Waals surface area contributed by atoms with Gasteiger partial charge >= 0.3 is 0 Å². The lowest BCUT2D eigenvalue weighted by Gasteiger charge is -2.23. The highest BCUT2D eigenvalue weighted by atomic mass is 16.5. The van der Waals surface area contributed by atoms with Crippen molar-refractivity contribution < 1.29 is 9.53 Å². The highest BCUT2D eigenvalue weighted by Gasteiger charge is 2.28.